The number of nitrogens with zero attached hydrogens (tertiary/aromatic N) is 2. The standard InChI is InChI=1S/C16H19N3O2/c1-3-21-16(20)14-15(17)19(10(2)18-14)9-12-8-11-6-4-5-7-13(11)12/h4-7,12H,3,8-9,17H2,1-2H3. The van der Waals surface area contributed by atoms with Crippen LogP contribution in [0.1, 0.15) is 40.3 Å². The third kappa shape index (κ3) is 2.28. The largest absolute Gasteiger partial charge is 0.461 e. The van der Waals surface area contributed by atoms with Crippen LogP contribution in [0, 0.1) is 6.92 Å². The molecule has 0 radical (unpaired) electrons. The van der Waals surface area contributed by atoms with Crippen LogP contribution in [-0.4, -0.2) is 22.1 Å². The van der Waals surface area contributed by atoms with Gasteiger partial charge < -0.3 is 15.0 Å². The summed E-state index contributed by atoms with van der Waals surface area (Å²) in [4.78, 5) is 16.1. The molecule has 110 valence electrons. The van der Waals surface area contributed by atoms with Gasteiger partial charge in [0.05, 0.1) is 6.61 Å². The smallest absolute Gasteiger partial charge is 0.360 e. The summed E-state index contributed by atoms with van der Waals surface area (Å²) in [7, 11) is 0. The number of carbonyl (C=O) groups is 1. The molecular formula is C16H19N3O2. The van der Waals surface area contributed by atoms with E-state index in [-0.39, 0.29) is 5.69 Å². The Bertz CT molecular complexity index is 691. The molecule has 1 aliphatic rings. The third-order valence-electron chi connectivity index (χ3n) is 4.03. The number of ether oxygens (including phenoxy) is 1. The molecule has 0 spiro atoms. The summed E-state index contributed by atoms with van der Waals surface area (Å²) < 4.78 is 6.89. The number of benzene rings is 1. The van der Waals surface area contributed by atoms with Crippen molar-refractivity contribution in [3.8, 4) is 0 Å². The number of carbonyl (C=O) groups excluding carboxylic acids is 1. The number of nitrogens with two attached hydrogens (primary N) is 1. The number of nitrogen functional groups attached to an aromatic ring is 1. The summed E-state index contributed by atoms with van der Waals surface area (Å²) >= 11 is 0. The van der Waals surface area contributed by atoms with E-state index in [1.54, 1.807) is 6.92 Å². The number of aryl methyl sites for hydroxylation is 1. The molecule has 0 saturated heterocycles. The zero-order chi connectivity index (χ0) is 15.0. The monoisotopic (exact) mass is 285 g/mol. The molecule has 0 saturated carbocycles. The molecule has 1 aromatic heterocycles. The number of esters is 1. The second kappa shape index (κ2) is 5.24. The highest BCUT2D eigenvalue weighted by Gasteiger charge is 2.28. The fraction of sp³-hybridized carbons (Fsp3) is 0.375. The fourth-order valence-corrected chi connectivity index (χ4v) is 2.91. The predicted octanol–water partition coefficient (Wildman–Crippen LogP) is 2.29. The zero-order valence-electron chi connectivity index (χ0n) is 12.3. The Labute approximate surface area is 123 Å². The van der Waals surface area contributed by atoms with Crippen molar-refractivity contribution < 1.29 is 9.53 Å². The van der Waals surface area contributed by atoms with Crippen molar-refractivity contribution in [3.63, 3.8) is 0 Å². The highest BCUT2D eigenvalue weighted by Crippen LogP contribution is 2.36. The van der Waals surface area contributed by atoms with Gasteiger partial charge in [-0.1, -0.05) is 24.3 Å². The van der Waals surface area contributed by atoms with Gasteiger partial charge >= 0.3 is 5.97 Å². The average Bonchev–Trinajstić information content (AvgIpc) is 2.72. The predicted molar refractivity (Wildman–Crippen MR) is 80.2 cm³/mol. The van der Waals surface area contributed by atoms with Gasteiger partial charge in [-0.05, 0) is 31.4 Å². The number of aromatic nitrogens is 2. The van der Waals surface area contributed by atoms with Gasteiger partial charge in [0.15, 0.2) is 5.69 Å². The van der Waals surface area contributed by atoms with E-state index in [1.165, 1.54) is 11.1 Å². The van der Waals surface area contributed by atoms with Crippen molar-refractivity contribution in [2.45, 2.75) is 32.7 Å². The van der Waals surface area contributed by atoms with Crippen LogP contribution < -0.4 is 5.73 Å². The molecule has 21 heavy (non-hydrogen) atoms. The van der Waals surface area contributed by atoms with Gasteiger partial charge in [-0.2, -0.15) is 0 Å². The Kier molecular flexibility index (Phi) is 3.41. The van der Waals surface area contributed by atoms with E-state index in [1.807, 2.05) is 11.5 Å². The first-order valence-electron chi connectivity index (χ1n) is 7.19. The molecule has 1 atom stereocenters. The second-order valence-corrected chi connectivity index (χ2v) is 5.32. The molecule has 1 aromatic carbocycles. The van der Waals surface area contributed by atoms with Crippen molar-refractivity contribution in [2.24, 2.45) is 0 Å². The van der Waals surface area contributed by atoms with Crippen LogP contribution in [0.4, 0.5) is 5.82 Å². The van der Waals surface area contributed by atoms with Gasteiger partial charge in [0.2, 0.25) is 0 Å². The molecule has 2 N–H and O–H groups in total. The highest BCUT2D eigenvalue weighted by atomic mass is 16.5. The first kappa shape index (κ1) is 13.7. The van der Waals surface area contributed by atoms with Crippen LogP contribution in [0.2, 0.25) is 0 Å². The topological polar surface area (TPSA) is 70.1 Å². The normalized spacial score (nSPS) is 16.2. The maximum absolute atomic E-state index is 11.8. The lowest BCUT2D eigenvalue weighted by Crippen LogP contribution is -2.23. The summed E-state index contributed by atoms with van der Waals surface area (Å²) in [5.41, 5.74) is 9.06. The first-order valence-corrected chi connectivity index (χ1v) is 7.19. The van der Waals surface area contributed by atoms with Crippen molar-refractivity contribution in [1.29, 1.82) is 0 Å². The van der Waals surface area contributed by atoms with Crippen molar-refractivity contribution in [1.82, 2.24) is 9.55 Å². The zero-order valence-corrected chi connectivity index (χ0v) is 12.3. The summed E-state index contributed by atoms with van der Waals surface area (Å²) in [5.74, 6) is 1.13. The number of rotatable bonds is 4. The first-order chi connectivity index (χ1) is 10.1. The average molecular weight is 285 g/mol. The lowest BCUT2D eigenvalue weighted by Gasteiger charge is -2.30. The quantitative estimate of drug-likeness (QED) is 0.875. The van der Waals surface area contributed by atoms with E-state index >= 15 is 0 Å². The lowest BCUT2D eigenvalue weighted by molar-refractivity contribution is 0.0521. The second-order valence-electron chi connectivity index (χ2n) is 5.32. The van der Waals surface area contributed by atoms with E-state index in [9.17, 15) is 4.79 Å². The van der Waals surface area contributed by atoms with E-state index in [2.05, 4.69) is 29.2 Å². The molecule has 1 heterocycles. The number of hydrogen-bond acceptors (Lipinski definition) is 4. The van der Waals surface area contributed by atoms with Crippen LogP contribution >= 0.6 is 0 Å². The molecule has 5 heteroatoms. The molecular weight excluding hydrogens is 266 g/mol. The molecule has 0 bridgehead atoms. The van der Waals surface area contributed by atoms with Crippen molar-refractivity contribution in [2.75, 3.05) is 12.3 Å². The fourth-order valence-electron chi connectivity index (χ4n) is 2.91. The molecule has 1 unspecified atom stereocenters. The van der Waals surface area contributed by atoms with E-state index in [4.69, 9.17) is 10.5 Å². The Morgan fingerprint density at radius 1 is 1.48 bits per heavy atom. The van der Waals surface area contributed by atoms with Crippen molar-refractivity contribution in [3.05, 3.63) is 46.9 Å². The molecule has 0 amide bonds. The summed E-state index contributed by atoms with van der Waals surface area (Å²) in [6.07, 6.45) is 1.04. The van der Waals surface area contributed by atoms with Crippen LogP contribution in [0.3, 0.4) is 0 Å². The Morgan fingerprint density at radius 3 is 2.95 bits per heavy atom. The molecule has 0 aliphatic heterocycles. The minimum absolute atomic E-state index is 0.224. The van der Waals surface area contributed by atoms with E-state index < -0.39 is 5.97 Å². The number of fused-ring (bicyclic) bond motifs is 1. The SMILES string of the molecule is CCOC(=O)c1nc(C)n(CC2Cc3ccccc32)c1N. The summed E-state index contributed by atoms with van der Waals surface area (Å²) in [6.45, 7) is 4.70. The minimum atomic E-state index is -0.453. The van der Waals surface area contributed by atoms with Gasteiger partial charge in [-0.3, -0.25) is 0 Å². The summed E-state index contributed by atoms with van der Waals surface area (Å²) in [6, 6.07) is 8.42. The third-order valence-corrected chi connectivity index (χ3v) is 4.03. The Balaban J connectivity index is 1.83. The highest BCUT2D eigenvalue weighted by molar-refractivity contribution is 5.92. The van der Waals surface area contributed by atoms with Crippen molar-refractivity contribution >= 4 is 11.8 Å². The molecule has 5 nitrogen and oxygen atoms in total. The molecule has 0 fully saturated rings. The van der Waals surface area contributed by atoms with E-state index in [0.717, 1.165) is 18.8 Å². The Morgan fingerprint density at radius 2 is 2.24 bits per heavy atom. The molecule has 2 aromatic rings. The van der Waals surface area contributed by atoms with Crippen LogP contribution in [0.5, 0.6) is 0 Å². The summed E-state index contributed by atoms with van der Waals surface area (Å²) in [5, 5.41) is 0. The van der Waals surface area contributed by atoms with Crippen LogP contribution in [-0.2, 0) is 17.7 Å². The van der Waals surface area contributed by atoms with Crippen LogP contribution in [0.25, 0.3) is 0 Å². The van der Waals surface area contributed by atoms with E-state index in [0.29, 0.717) is 18.3 Å². The van der Waals surface area contributed by atoms with Gasteiger partial charge in [-0.15, -0.1) is 0 Å². The van der Waals surface area contributed by atoms with Gasteiger partial charge in [-0.25, -0.2) is 9.78 Å². The maximum Gasteiger partial charge on any atom is 0.360 e. The number of imidazole rings is 1. The molecule has 3 rings (SSSR count). The Hall–Kier alpha value is -2.30. The maximum atomic E-state index is 11.8. The van der Waals surface area contributed by atoms with Crippen LogP contribution in [0.15, 0.2) is 24.3 Å². The number of hydrogen-bond donors (Lipinski definition) is 1. The van der Waals surface area contributed by atoms with Gasteiger partial charge in [0, 0.05) is 12.5 Å². The number of anilines is 1. The van der Waals surface area contributed by atoms with Gasteiger partial charge in [0.1, 0.15) is 11.6 Å². The lowest BCUT2D eigenvalue weighted by atomic mass is 9.77. The minimum Gasteiger partial charge on any atom is -0.461 e. The molecule has 1 aliphatic carbocycles. The van der Waals surface area contributed by atoms with Gasteiger partial charge in [0.25, 0.3) is 0 Å².